The van der Waals surface area contributed by atoms with Crippen molar-refractivity contribution in [3.05, 3.63) is 53.6 Å². The van der Waals surface area contributed by atoms with Crippen LogP contribution >= 0.6 is 0 Å². The molecule has 0 heterocycles. The maximum atomic E-state index is 2.27. The van der Waals surface area contributed by atoms with Crippen LogP contribution in [-0.4, -0.2) is 0 Å². The molecule has 18 heavy (non-hydrogen) atoms. The first-order valence-electron chi connectivity index (χ1n) is 7.12. The van der Waals surface area contributed by atoms with Crippen LogP contribution in [0.5, 0.6) is 0 Å². The fourth-order valence-corrected chi connectivity index (χ4v) is 2.20. The second-order valence-corrected chi connectivity index (χ2v) is 3.80. The second-order valence-electron chi connectivity index (χ2n) is 3.80. The van der Waals surface area contributed by atoms with Gasteiger partial charge in [-0.1, -0.05) is 76.2 Å². The molecule has 0 N–H and O–H groups in total. The Morgan fingerprint density at radius 2 is 1.56 bits per heavy atom. The zero-order chi connectivity index (χ0) is 13.4. The van der Waals surface area contributed by atoms with Crippen LogP contribution in [0.1, 0.15) is 45.2 Å². The van der Waals surface area contributed by atoms with Crippen molar-refractivity contribution in [3.8, 4) is 0 Å². The van der Waals surface area contributed by atoms with Crippen LogP contribution < -0.4 is 0 Å². The second kappa shape index (κ2) is 7.71. The van der Waals surface area contributed by atoms with E-state index in [4.69, 9.17) is 0 Å². The molecule has 0 fully saturated rings. The number of hydrogen-bond donors (Lipinski definition) is 0. The molecule has 96 valence electrons. The Kier molecular flexibility index (Phi) is 6.21. The molecule has 0 aromatic heterocycles. The van der Waals surface area contributed by atoms with Crippen molar-refractivity contribution in [1.82, 2.24) is 0 Å². The summed E-state index contributed by atoms with van der Waals surface area (Å²) in [5, 5.41) is 2.73. The van der Waals surface area contributed by atoms with E-state index in [2.05, 4.69) is 48.6 Å². The zero-order valence-electron chi connectivity index (χ0n) is 12.0. The highest BCUT2D eigenvalue weighted by Crippen LogP contribution is 2.27. The van der Waals surface area contributed by atoms with Crippen LogP contribution in [0.3, 0.4) is 0 Å². The van der Waals surface area contributed by atoms with Crippen molar-refractivity contribution in [2.75, 3.05) is 0 Å². The summed E-state index contributed by atoms with van der Waals surface area (Å²) in [7, 11) is 0. The standard InChI is InChI=1S/C14H12.2C2H6/c1-3-7-13-11(5-1)9-10-12-6-2-4-8-14(12)13;2*1-2/h1,3-5,7-10H,2,6H2;2*1-2H3. The number of hydrogen-bond acceptors (Lipinski definition) is 0. The van der Waals surface area contributed by atoms with Gasteiger partial charge in [0.15, 0.2) is 0 Å². The van der Waals surface area contributed by atoms with Crippen LogP contribution in [0.15, 0.2) is 42.5 Å². The Balaban J connectivity index is 0.000000371. The topological polar surface area (TPSA) is 0 Å². The van der Waals surface area contributed by atoms with E-state index in [9.17, 15) is 0 Å². The fraction of sp³-hybridized carbons (Fsp3) is 0.333. The molecule has 0 heteroatoms. The monoisotopic (exact) mass is 240 g/mol. The molecule has 2 aromatic carbocycles. The molecule has 0 saturated carbocycles. The van der Waals surface area contributed by atoms with E-state index in [1.807, 2.05) is 27.7 Å². The van der Waals surface area contributed by atoms with Gasteiger partial charge < -0.3 is 0 Å². The van der Waals surface area contributed by atoms with Crippen LogP contribution in [-0.2, 0) is 6.42 Å². The van der Waals surface area contributed by atoms with Crippen molar-refractivity contribution in [2.24, 2.45) is 0 Å². The highest BCUT2D eigenvalue weighted by atomic mass is 14.1. The molecule has 0 spiro atoms. The van der Waals surface area contributed by atoms with Gasteiger partial charge >= 0.3 is 0 Å². The average Bonchev–Trinajstić information content (AvgIpc) is 2.51. The summed E-state index contributed by atoms with van der Waals surface area (Å²) in [5.41, 5.74) is 2.92. The minimum absolute atomic E-state index is 1.19. The van der Waals surface area contributed by atoms with Gasteiger partial charge in [-0.2, -0.15) is 0 Å². The first kappa shape index (κ1) is 14.5. The summed E-state index contributed by atoms with van der Waals surface area (Å²) in [4.78, 5) is 0. The van der Waals surface area contributed by atoms with E-state index >= 15 is 0 Å². The summed E-state index contributed by atoms with van der Waals surface area (Å²) >= 11 is 0. The van der Waals surface area contributed by atoms with Gasteiger partial charge in [0.1, 0.15) is 0 Å². The molecular weight excluding hydrogens is 216 g/mol. The van der Waals surface area contributed by atoms with Gasteiger partial charge in [0.05, 0.1) is 0 Å². The SMILES string of the molecule is C1=Cc2c(ccc3ccccc23)CC1.CC.CC. The van der Waals surface area contributed by atoms with Crippen LogP contribution in [0.25, 0.3) is 16.8 Å². The predicted octanol–water partition coefficient (Wildman–Crippen LogP) is 5.85. The highest BCUT2D eigenvalue weighted by molar-refractivity contribution is 5.92. The van der Waals surface area contributed by atoms with Gasteiger partial charge in [-0.05, 0) is 34.7 Å². The molecule has 0 unspecified atom stereocenters. The maximum Gasteiger partial charge on any atom is -0.0109 e. The summed E-state index contributed by atoms with van der Waals surface area (Å²) < 4.78 is 0. The predicted molar refractivity (Wildman–Crippen MR) is 84.0 cm³/mol. The molecule has 0 atom stereocenters. The minimum Gasteiger partial charge on any atom is -0.0836 e. The molecule has 1 aliphatic rings. The number of benzene rings is 2. The first-order chi connectivity index (χ1) is 8.95. The van der Waals surface area contributed by atoms with E-state index < -0.39 is 0 Å². The molecule has 2 aromatic rings. The fourth-order valence-electron chi connectivity index (χ4n) is 2.20. The molecular formula is C18H24. The third kappa shape index (κ3) is 3.01. The van der Waals surface area contributed by atoms with Gasteiger partial charge in [0, 0.05) is 0 Å². The van der Waals surface area contributed by atoms with Crippen molar-refractivity contribution in [2.45, 2.75) is 40.5 Å². The first-order valence-corrected chi connectivity index (χ1v) is 7.12. The van der Waals surface area contributed by atoms with Gasteiger partial charge in [0.25, 0.3) is 0 Å². The molecule has 3 rings (SSSR count). The smallest absolute Gasteiger partial charge is 0.0109 e. The van der Waals surface area contributed by atoms with Gasteiger partial charge in [-0.15, -0.1) is 0 Å². The summed E-state index contributed by atoms with van der Waals surface area (Å²) in [6, 6.07) is 13.1. The van der Waals surface area contributed by atoms with Crippen molar-refractivity contribution >= 4 is 16.8 Å². The molecule has 0 saturated heterocycles. The molecule has 0 nitrogen and oxygen atoms in total. The third-order valence-corrected chi connectivity index (χ3v) is 2.93. The van der Waals surface area contributed by atoms with Gasteiger partial charge in [-0.25, -0.2) is 0 Å². The average molecular weight is 240 g/mol. The number of rotatable bonds is 0. The van der Waals surface area contributed by atoms with Crippen molar-refractivity contribution in [3.63, 3.8) is 0 Å². The third-order valence-electron chi connectivity index (χ3n) is 2.93. The Labute approximate surface area is 111 Å². The Bertz CT molecular complexity index is 506. The van der Waals surface area contributed by atoms with E-state index in [1.54, 1.807) is 0 Å². The number of aryl methyl sites for hydroxylation is 1. The van der Waals surface area contributed by atoms with Crippen LogP contribution in [0.4, 0.5) is 0 Å². The molecule has 0 bridgehead atoms. The number of fused-ring (bicyclic) bond motifs is 3. The number of allylic oxidation sites excluding steroid dienone is 1. The Hall–Kier alpha value is -1.56. The van der Waals surface area contributed by atoms with E-state index in [0.717, 1.165) is 0 Å². The van der Waals surface area contributed by atoms with Gasteiger partial charge in [-0.3, -0.25) is 0 Å². The zero-order valence-corrected chi connectivity index (χ0v) is 12.0. The van der Waals surface area contributed by atoms with E-state index in [1.165, 1.54) is 34.7 Å². The van der Waals surface area contributed by atoms with Crippen LogP contribution in [0, 0.1) is 0 Å². The summed E-state index contributed by atoms with van der Waals surface area (Å²) in [6.07, 6.45) is 6.91. The molecule has 0 radical (unpaired) electrons. The molecule has 0 amide bonds. The molecule has 1 aliphatic carbocycles. The lowest BCUT2D eigenvalue weighted by Gasteiger charge is -2.12. The van der Waals surface area contributed by atoms with Crippen molar-refractivity contribution in [1.29, 1.82) is 0 Å². The van der Waals surface area contributed by atoms with Crippen LogP contribution in [0.2, 0.25) is 0 Å². The lowest BCUT2D eigenvalue weighted by atomic mass is 9.92. The normalized spacial score (nSPS) is 11.8. The summed E-state index contributed by atoms with van der Waals surface area (Å²) in [5.74, 6) is 0. The maximum absolute atomic E-state index is 2.27. The highest BCUT2D eigenvalue weighted by Gasteiger charge is 2.06. The van der Waals surface area contributed by atoms with Gasteiger partial charge in [0.2, 0.25) is 0 Å². The lowest BCUT2D eigenvalue weighted by molar-refractivity contribution is 0.990. The largest absolute Gasteiger partial charge is 0.0836 e. The van der Waals surface area contributed by atoms with E-state index in [-0.39, 0.29) is 0 Å². The molecule has 0 aliphatic heterocycles. The Morgan fingerprint density at radius 3 is 2.33 bits per heavy atom. The summed E-state index contributed by atoms with van der Waals surface area (Å²) in [6.45, 7) is 8.00. The van der Waals surface area contributed by atoms with Crippen molar-refractivity contribution < 1.29 is 0 Å². The quantitative estimate of drug-likeness (QED) is 0.541. The minimum atomic E-state index is 1.19. The van der Waals surface area contributed by atoms with E-state index in [0.29, 0.717) is 0 Å². The lowest BCUT2D eigenvalue weighted by Crippen LogP contribution is -1.94. The Morgan fingerprint density at radius 1 is 0.833 bits per heavy atom.